The molecule has 0 fully saturated rings. The maximum atomic E-state index is 12.3. The Bertz CT molecular complexity index is 950. The Morgan fingerprint density at radius 2 is 1.85 bits per heavy atom. The fraction of sp³-hybridized carbons (Fsp3) is 0.200. The summed E-state index contributed by atoms with van der Waals surface area (Å²) in [6.45, 7) is 5.42. The van der Waals surface area contributed by atoms with Crippen molar-refractivity contribution in [2.45, 2.75) is 26.9 Å². The maximum absolute atomic E-state index is 12.3. The predicted molar refractivity (Wildman–Crippen MR) is 99.2 cm³/mol. The largest absolute Gasteiger partial charge is 0.449 e. The van der Waals surface area contributed by atoms with Crippen molar-refractivity contribution in [2.24, 2.45) is 0 Å². The lowest BCUT2D eigenvalue weighted by Gasteiger charge is -2.15. The number of ether oxygens (including phenoxy) is 1. The number of aryl methyl sites for hydroxylation is 2. The number of hydrogen-bond donors (Lipinski definition) is 1. The molecule has 1 aromatic heterocycles. The van der Waals surface area contributed by atoms with Crippen LogP contribution < -0.4 is 5.32 Å². The predicted octanol–water partition coefficient (Wildman–Crippen LogP) is 3.54. The molecular formula is C20H19N3O4. The first-order valence-corrected chi connectivity index (χ1v) is 8.40. The van der Waals surface area contributed by atoms with Gasteiger partial charge in [0.15, 0.2) is 6.10 Å². The van der Waals surface area contributed by atoms with Crippen molar-refractivity contribution >= 4 is 17.6 Å². The number of hydrogen-bond acceptors (Lipinski definition) is 6. The van der Waals surface area contributed by atoms with Crippen LogP contribution >= 0.6 is 0 Å². The van der Waals surface area contributed by atoms with Gasteiger partial charge in [0.25, 0.3) is 5.91 Å². The van der Waals surface area contributed by atoms with E-state index in [1.54, 1.807) is 24.3 Å². The Hall–Kier alpha value is -3.48. The van der Waals surface area contributed by atoms with Crippen LogP contribution in [-0.4, -0.2) is 28.2 Å². The van der Waals surface area contributed by atoms with Gasteiger partial charge in [-0.15, -0.1) is 10.2 Å². The van der Waals surface area contributed by atoms with Crippen molar-refractivity contribution in [1.82, 2.24) is 10.2 Å². The summed E-state index contributed by atoms with van der Waals surface area (Å²) in [6, 6.07) is 12.2. The van der Waals surface area contributed by atoms with E-state index in [-0.39, 0.29) is 0 Å². The summed E-state index contributed by atoms with van der Waals surface area (Å²) in [4.78, 5) is 24.6. The lowest BCUT2D eigenvalue weighted by atomic mass is 10.1. The molecular weight excluding hydrogens is 346 g/mol. The van der Waals surface area contributed by atoms with Crippen LogP contribution in [0.25, 0.3) is 11.5 Å². The zero-order chi connectivity index (χ0) is 19.4. The SMILES string of the molecule is Cc1ccc(NC(=O)[C@H](C)OC(=O)c2ccc(-c3nnco3)cc2)c(C)c1. The molecule has 138 valence electrons. The summed E-state index contributed by atoms with van der Waals surface area (Å²) in [5.41, 5.74) is 3.75. The first-order chi connectivity index (χ1) is 12.9. The highest BCUT2D eigenvalue weighted by molar-refractivity contribution is 5.97. The molecule has 0 aliphatic carbocycles. The molecule has 0 saturated heterocycles. The molecule has 0 aliphatic rings. The summed E-state index contributed by atoms with van der Waals surface area (Å²) >= 11 is 0. The molecule has 0 spiro atoms. The van der Waals surface area contributed by atoms with Crippen molar-refractivity contribution in [1.29, 1.82) is 0 Å². The van der Waals surface area contributed by atoms with E-state index in [1.807, 2.05) is 32.0 Å². The lowest BCUT2D eigenvalue weighted by molar-refractivity contribution is -0.123. The summed E-state index contributed by atoms with van der Waals surface area (Å²) < 4.78 is 10.4. The summed E-state index contributed by atoms with van der Waals surface area (Å²) in [5.74, 6) is -0.621. The maximum Gasteiger partial charge on any atom is 0.338 e. The molecule has 1 N–H and O–H groups in total. The number of esters is 1. The summed E-state index contributed by atoms with van der Waals surface area (Å²) in [7, 11) is 0. The molecule has 0 saturated carbocycles. The van der Waals surface area contributed by atoms with Gasteiger partial charge in [-0.1, -0.05) is 17.7 Å². The van der Waals surface area contributed by atoms with E-state index in [0.29, 0.717) is 22.7 Å². The third-order valence-corrected chi connectivity index (χ3v) is 4.02. The molecule has 1 heterocycles. The Balaban J connectivity index is 1.62. The Morgan fingerprint density at radius 1 is 1.11 bits per heavy atom. The molecule has 1 amide bonds. The molecule has 0 radical (unpaired) electrons. The second-order valence-corrected chi connectivity index (χ2v) is 6.18. The van der Waals surface area contributed by atoms with Gasteiger partial charge in [-0.05, 0) is 56.7 Å². The van der Waals surface area contributed by atoms with Crippen LogP contribution in [0.2, 0.25) is 0 Å². The molecule has 0 bridgehead atoms. The van der Waals surface area contributed by atoms with E-state index in [2.05, 4.69) is 15.5 Å². The Labute approximate surface area is 156 Å². The number of anilines is 1. The van der Waals surface area contributed by atoms with Gasteiger partial charge in [0, 0.05) is 11.3 Å². The van der Waals surface area contributed by atoms with Crippen LogP contribution in [0.15, 0.2) is 53.3 Å². The van der Waals surface area contributed by atoms with E-state index < -0.39 is 18.0 Å². The minimum Gasteiger partial charge on any atom is -0.449 e. The number of rotatable bonds is 5. The van der Waals surface area contributed by atoms with Crippen LogP contribution in [0.4, 0.5) is 5.69 Å². The summed E-state index contributed by atoms with van der Waals surface area (Å²) in [5, 5.41) is 10.2. The topological polar surface area (TPSA) is 94.3 Å². The molecule has 3 aromatic rings. The molecule has 3 rings (SSSR count). The van der Waals surface area contributed by atoms with E-state index in [9.17, 15) is 9.59 Å². The van der Waals surface area contributed by atoms with Crippen molar-refractivity contribution < 1.29 is 18.7 Å². The molecule has 7 nitrogen and oxygen atoms in total. The number of carbonyl (C=O) groups excluding carboxylic acids is 2. The number of carbonyl (C=O) groups is 2. The molecule has 2 aromatic carbocycles. The van der Waals surface area contributed by atoms with Gasteiger partial charge in [-0.25, -0.2) is 4.79 Å². The van der Waals surface area contributed by atoms with Crippen molar-refractivity contribution in [2.75, 3.05) is 5.32 Å². The quantitative estimate of drug-likeness (QED) is 0.695. The minimum absolute atomic E-state index is 0.324. The Kier molecular flexibility index (Phi) is 5.30. The molecule has 1 atom stereocenters. The van der Waals surface area contributed by atoms with Crippen LogP contribution in [0.5, 0.6) is 0 Å². The van der Waals surface area contributed by atoms with Crippen LogP contribution in [-0.2, 0) is 9.53 Å². The fourth-order valence-corrected chi connectivity index (χ4v) is 2.52. The highest BCUT2D eigenvalue weighted by atomic mass is 16.5. The van der Waals surface area contributed by atoms with Gasteiger partial charge >= 0.3 is 5.97 Å². The van der Waals surface area contributed by atoms with Crippen LogP contribution in [0, 0.1) is 13.8 Å². The number of nitrogens with zero attached hydrogens (tertiary/aromatic N) is 2. The number of aromatic nitrogens is 2. The van der Waals surface area contributed by atoms with Gasteiger partial charge < -0.3 is 14.5 Å². The van der Waals surface area contributed by atoms with Crippen molar-refractivity contribution in [3.8, 4) is 11.5 Å². The number of benzene rings is 2. The lowest BCUT2D eigenvalue weighted by Crippen LogP contribution is -2.30. The monoisotopic (exact) mass is 365 g/mol. The second-order valence-electron chi connectivity index (χ2n) is 6.18. The molecule has 0 unspecified atom stereocenters. The average Bonchev–Trinajstić information content (AvgIpc) is 3.18. The summed E-state index contributed by atoms with van der Waals surface area (Å²) in [6.07, 6.45) is 0.293. The fourth-order valence-electron chi connectivity index (χ4n) is 2.52. The van der Waals surface area contributed by atoms with Gasteiger partial charge in [0.1, 0.15) is 0 Å². The normalized spacial score (nSPS) is 11.7. The van der Waals surface area contributed by atoms with Crippen molar-refractivity contribution in [3.63, 3.8) is 0 Å². The van der Waals surface area contributed by atoms with Crippen LogP contribution in [0.3, 0.4) is 0 Å². The Morgan fingerprint density at radius 3 is 2.48 bits per heavy atom. The highest BCUT2D eigenvalue weighted by Gasteiger charge is 2.20. The molecule has 7 heteroatoms. The number of nitrogens with one attached hydrogen (secondary N) is 1. The van der Waals surface area contributed by atoms with Gasteiger partial charge in [-0.2, -0.15) is 0 Å². The first-order valence-electron chi connectivity index (χ1n) is 8.40. The second kappa shape index (κ2) is 7.82. The third kappa shape index (κ3) is 4.38. The first kappa shape index (κ1) is 18.3. The smallest absolute Gasteiger partial charge is 0.338 e. The van der Waals surface area contributed by atoms with E-state index >= 15 is 0 Å². The molecule has 27 heavy (non-hydrogen) atoms. The van der Waals surface area contributed by atoms with E-state index in [4.69, 9.17) is 9.15 Å². The van der Waals surface area contributed by atoms with Gasteiger partial charge in [-0.3, -0.25) is 4.79 Å². The minimum atomic E-state index is -0.936. The number of amides is 1. The third-order valence-electron chi connectivity index (χ3n) is 4.02. The van der Waals surface area contributed by atoms with E-state index in [0.717, 1.165) is 11.1 Å². The van der Waals surface area contributed by atoms with Crippen LogP contribution in [0.1, 0.15) is 28.4 Å². The molecule has 0 aliphatic heterocycles. The average molecular weight is 365 g/mol. The van der Waals surface area contributed by atoms with Gasteiger partial charge in [0.05, 0.1) is 5.56 Å². The van der Waals surface area contributed by atoms with Crippen molar-refractivity contribution in [3.05, 3.63) is 65.5 Å². The zero-order valence-electron chi connectivity index (χ0n) is 15.2. The van der Waals surface area contributed by atoms with E-state index in [1.165, 1.54) is 13.3 Å². The highest BCUT2D eigenvalue weighted by Crippen LogP contribution is 2.18. The van der Waals surface area contributed by atoms with Gasteiger partial charge in [0.2, 0.25) is 12.3 Å². The zero-order valence-corrected chi connectivity index (χ0v) is 15.2. The standard InChI is InChI=1S/C20H19N3O4/c1-12-4-9-17(13(2)10-12)22-18(24)14(3)27-20(25)16-7-5-15(6-8-16)19-23-21-11-26-19/h4-11,14H,1-3H3,(H,22,24)/t14-/m0/s1.